The van der Waals surface area contributed by atoms with Crippen LogP contribution in [0.4, 0.5) is 0 Å². The SMILES string of the molecule is OCC(O)C(O[C@H]1O[C@H](CO)[C@H](O)[C@H](O)[C@H]1O)C(O)C(O)CNCc1ccccc1. The van der Waals surface area contributed by atoms with Gasteiger partial charge in [-0.25, -0.2) is 0 Å². The fraction of sp³-hybridized carbons (Fsp3) is 0.684. The van der Waals surface area contributed by atoms with Crippen molar-refractivity contribution < 1.29 is 50.3 Å². The lowest BCUT2D eigenvalue weighted by Crippen LogP contribution is -2.61. The van der Waals surface area contributed by atoms with Crippen molar-refractivity contribution in [2.75, 3.05) is 19.8 Å². The number of nitrogens with one attached hydrogen (secondary N) is 1. The van der Waals surface area contributed by atoms with Crippen LogP contribution in [0.5, 0.6) is 0 Å². The third-order valence-electron chi connectivity index (χ3n) is 4.96. The van der Waals surface area contributed by atoms with Crippen molar-refractivity contribution in [2.45, 2.75) is 61.7 Å². The predicted octanol–water partition coefficient (Wildman–Crippen LogP) is -3.96. The van der Waals surface area contributed by atoms with Crippen LogP contribution in [0.1, 0.15) is 5.56 Å². The lowest BCUT2D eigenvalue weighted by Gasteiger charge is -2.42. The number of hydrogen-bond acceptors (Lipinski definition) is 11. The molecule has 172 valence electrons. The Hall–Kier alpha value is -1.22. The number of ether oxygens (including phenoxy) is 2. The molecule has 11 nitrogen and oxygen atoms in total. The second-order valence-corrected chi connectivity index (χ2v) is 7.22. The largest absolute Gasteiger partial charge is 0.394 e. The average Bonchev–Trinajstić information content (AvgIpc) is 2.76. The summed E-state index contributed by atoms with van der Waals surface area (Å²) in [6.07, 6.45) is -14.4. The van der Waals surface area contributed by atoms with E-state index < -0.39 is 68.3 Å². The van der Waals surface area contributed by atoms with Gasteiger partial charge in [-0.05, 0) is 5.56 Å². The van der Waals surface area contributed by atoms with Crippen molar-refractivity contribution >= 4 is 0 Å². The number of aliphatic hydroxyl groups is 8. The molecule has 1 fully saturated rings. The molecule has 9 N–H and O–H groups in total. The van der Waals surface area contributed by atoms with Gasteiger partial charge in [0.2, 0.25) is 0 Å². The minimum Gasteiger partial charge on any atom is -0.394 e. The van der Waals surface area contributed by atoms with Crippen LogP contribution in [-0.4, -0.2) is 116 Å². The molecule has 1 aromatic rings. The third kappa shape index (κ3) is 6.39. The van der Waals surface area contributed by atoms with Crippen LogP contribution in [-0.2, 0) is 16.0 Å². The molecular weight excluding hydrogens is 402 g/mol. The summed E-state index contributed by atoms with van der Waals surface area (Å²) < 4.78 is 10.5. The topological polar surface area (TPSA) is 192 Å². The molecule has 0 radical (unpaired) electrons. The first-order valence-corrected chi connectivity index (χ1v) is 9.65. The summed E-state index contributed by atoms with van der Waals surface area (Å²) in [6.45, 7) is -1.19. The molecule has 1 saturated heterocycles. The zero-order valence-corrected chi connectivity index (χ0v) is 16.3. The first-order valence-electron chi connectivity index (χ1n) is 9.65. The maximum Gasteiger partial charge on any atom is 0.187 e. The first-order chi connectivity index (χ1) is 14.3. The van der Waals surface area contributed by atoms with E-state index in [-0.39, 0.29) is 6.54 Å². The highest BCUT2D eigenvalue weighted by Crippen LogP contribution is 2.25. The van der Waals surface area contributed by atoms with Gasteiger partial charge in [-0.15, -0.1) is 0 Å². The Bertz CT molecular complexity index is 606. The smallest absolute Gasteiger partial charge is 0.187 e. The average molecular weight is 433 g/mol. The van der Waals surface area contributed by atoms with Gasteiger partial charge < -0.3 is 55.6 Å². The molecule has 4 unspecified atom stereocenters. The lowest BCUT2D eigenvalue weighted by atomic mass is 9.98. The number of benzene rings is 1. The van der Waals surface area contributed by atoms with Crippen LogP contribution < -0.4 is 5.32 Å². The fourth-order valence-corrected chi connectivity index (χ4v) is 3.14. The highest BCUT2D eigenvalue weighted by Gasteiger charge is 2.46. The molecule has 9 atom stereocenters. The molecule has 0 amide bonds. The van der Waals surface area contributed by atoms with E-state index in [2.05, 4.69) is 5.32 Å². The van der Waals surface area contributed by atoms with E-state index in [0.717, 1.165) is 5.56 Å². The van der Waals surface area contributed by atoms with Gasteiger partial charge in [0.15, 0.2) is 6.29 Å². The standard InChI is InChI=1S/C19H31NO10/c21-8-12(24)18(30-19-17(28)16(27)15(26)13(9-22)29-19)14(25)11(23)7-20-6-10-4-2-1-3-5-10/h1-5,11-28H,6-9H2/t11?,12?,13-,14?,15+,16+,17-,18?,19-/m1/s1. The first kappa shape index (κ1) is 25.0. The van der Waals surface area contributed by atoms with Gasteiger partial charge in [-0.2, -0.15) is 0 Å². The molecule has 11 heteroatoms. The minimum atomic E-state index is -1.77. The Morgan fingerprint density at radius 2 is 1.60 bits per heavy atom. The monoisotopic (exact) mass is 433 g/mol. The Morgan fingerprint density at radius 3 is 2.20 bits per heavy atom. The molecule has 1 aromatic carbocycles. The van der Waals surface area contributed by atoms with E-state index in [1.807, 2.05) is 30.3 Å². The quantitative estimate of drug-likeness (QED) is 0.165. The van der Waals surface area contributed by atoms with Gasteiger partial charge in [0, 0.05) is 13.1 Å². The van der Waals surface area contributed by atoms with Gasteiger partial charge in [0.05, 0.1) is 19.3 Å². The molecule has 1 aliphatic heterocycles. The number of aliphatic hydroxyl groups excluding tert-OH is 8. The molecule has 0 saturated carbocycles. The van der Waals surface area contributed by atoms with Gasteiger partial charge >= 0.3 is 0 Å². The highest BCUT2D eigenvalue weighted by atomic mass is 16.7. The van der Waals surface area contributed by atoms with Crippen molar-refractivity contribution in [1.82, 2.24) is 5.32 Å². The Labute approximate surface area is 173 Å². The Balaban J connectivity index is 1.99. The summed E-state index contributed by atoms with van der Waals surface area (Å²) in [6, 6.07) is 9.31. The van der Waals surface area contributed by atoms with Gasteiger partial charge in [0.1, 0.15) is 42.7 Å². The molecule has 1 heterocycles. The number of rotatable bonds is 11. The summed E-state index contributed by atoms with van der Waals surface area (Å²) in [7, 11) is 0. The Morgan fingerprint density at radius 1 is 0.933 bits per heavy atom. The molecule has 0 aromatic heterocycles. The summed E-state index contributed by atoms with van der Waals surface area (Å²) in [4.78, 5) is 0. The summed E-state index contributed by atoms with van der Waals surface area (Å²) in [5, 5.41) is 82.0. The molecule has 0 aliphatic carbocycles. The van der Waals surface area contributed by atoms with Crippen LogP contribution in [0.25, 0.3) is 0 Å². The van der Waals surface area contributed by atoms with Crippen molar-refractivity contribution in [3.05, 3.63) is 35.9 Å². The molecule has 0 bridgehead atoms. The van der Waals surface area contributed by atoms with Crippen LogP contribution in [0.2, 0.25) is 0 Å². The van der Waals surface area contributed by atoms with Gasteiger partial charge in [-0.1, -0.05) is 30.3 Å². The zero-order valence-electron chi connectivity index (χ0n) is 16.3. The number of hydrogen-bond donors (Lipinski definition) is 9. The second kappa shape index (κ2) is 12.0. The predicted molar refractivity (Wildman–Crippen MR) is 102 cm³/mol. The molecule has 30 heavy (non-hydrogen) atoms. The minimum absolute atomic E-state index is 0.0806. The van der Waals surface area contributed by atoms with E-state index in [0.29, 0.717) is 6.54 Å². The second-order valence-electron chi connectivity index (χ2n) is 7.22. The van der Waals surface area contributed by atoms with Crippen LogP contribution in [0.15, 0.2) is 30.3 Å². The van der Waals surface area contributed by atoms with Crippen molar-refractivity contribution in [1.29, 1.82) is 0 Å². The van der Waals surface area contributed by atoms with Crippen molar-refractivity contribution in [3.8, 4) is 0 Å². The zero-order chi connectivity index (χ0) is 22.3. The van der Waals surface area contributed by atoms with Crippen molar-refractivity contribution in [3.63, 3.8) is 0 Å². The lowest BCUT2D eigenvalue weighted by molar-refractivity contribution is -0.327. The maximum atomic E-state index is 10.4. The van der Waals surface area contributed by atoms with Gasteiger partial charge in [-0.3, -0.25) is 0 Å². The van der Waals surface area contributed by atoms with Crippen LogP contribution >= 0.6 is 0 Å². The highest BCUT2D eigenvalue weighted by molar-refractivity contribution is 5.14. The molecule has 0 spiro atoms. The molecule has 1 aliphatic rings. The summed E-state index contributed by atoms with van der Waals surface area (Å²) >= 11 is 0. The van der Waals surface area contributed by atoms with Crippen LogP contribution in [0, 0.1) is 0 Å². The van der Waals surface area contributed by atoms with Crippen molar-refractivity contribution in [2.24, 2.45) is 0 Å². The Kier molecular flexibility index (Phi) is 10.0. The summed E-state index contributed by atoms with van der Waals surface area (Å²) in [5.41, 5.74) is 0.948. The maximum absolute atomic E-state index is 10.4. The van der Waals surface area contributed by atoms with E-state index in [4.69, 9.17) is 9.47 Å². The molecule has 2 rings (SSSR count). The fourth-order valence-electron chi connectivity index (χ4n) is 3.14. The summed E-state index contributed by atoms with van der Waals surface area (Å²) in [5.74, 6) is 0. The van der Waals surface area contributed by atoms with E-state index in [9.17, 15) is 40.9 Å². The van der Waals surface area contributed by atoms with Crippen LogP contribution in [0.3, 0.4) is 0 Å². The van der Waals surface area contributed by atoms with E-state index >= 15 is 0 Å². The van der Waals surface area contributed by atoms with E-state index in [1.54, 1.807) is 0 Å². The van der Waals surface area contributed by atoms with Gasteiger partial charge in [0.25, 0.3) is 0 Å². The third-order valence-corrected chi connectivity index (χ3v) is 4.96. The van der Waals surface area contributed by atoms with E-state index in [1.165, 1.54) is 0 Å². The normalized spacial score (nSPS) is 31.1. The molecular formula is C19H31NO10.